The van der Waals surface area contributed by atoms with Crippen LogP contribution in [-0.2, 0) is 14.3 Å². The summed E-state index contributed by atoms with van der Waals surface area (Å²) in [5, 5.41) is 11.1. The second-order valence-corrected chi connectivity index (χ2v) is 7.86. The van der Waals surface area contributed by atoms with Gasteiger partial charge in [-0.2, -0.15) is 5.10 Å². The number of nitrogens with one attached hydrogen (secondary N) is 2. The first-order valence-electron chi connectivity index (χ1n) is 11.2. The molecule has 1 aromatic heterocycles. The summed E-state index contributed by atoms with van der Waals surface area (Å²) < 4.78 is 10.3. The van der Waals surface area contributed by atoms with Crippen LogP contribution in [0.2, 0.25) is 0 Å². The van der Waals surface area contributed by atoms with Crippen LogP contribution in [0.1, 0.15) is 19.3 Å². The van der Waals surface area contributed by atoms with Crippen LogP contribution in [0, 0.1) is 0 Å². The number of carbonyl (C=O) groups is 1. The van der Waals surface area contributed by atoms with E-state index in [0.29, 0.717) is 36.4 Å². The first-order valence-corrected chi connectivity index (χ1v) is 11.2. The SMILES string of the molecule is COCCN(CCCCC(=O)Nc1cccc(-c2n[nH]c(=O)c3ccccc23)c1)CCOC.Cl. The molecule has 184 valence electrons. The van der Waals surface area contributed by atoms with Crippen molar-refractivity contribution >= 4 is 34.8 Å². The fourth-order valence-corrected chi connectivity index (χ4v) is 3.70. The van der Waals surface area contributed by atoms with Crippen LogP contribution < -0.4 is 10.9 Å². The van der Waals surface area contributed by atoms with Crippen molar-refractivity contribution in [3.8, 4) is 11.3 Å². The first kappa shape index (κ1) is 27.5. The third-order valence-corrected chi connectivity index (χ3v) is 5.47. The Bertz CT molecular complexity index is 1100. The number of aromatic nitrogens is 2. The van der Waals surface area contributed by atoms with Crippen LogP contribution >= 0.6 is 12.4 Å². The van der Waals surface area contributed by atoms with E-state index in [9.17, 15) is 9.59 Å². The highest BCUT2D eigenvalue weighted by molar-refractivity contribution is 5.95. The van der Waals surface area contributed by atoms with E-state index in [2.05, 4.69) is 20.4 Å². The molecular formula is C25H33ClN4O4. The summed E-state index contributed by atoms with van der Waals surface area (Å²) in [4.78, 5) is 26.8. The Morgan fingerprint density at radius 3 is 2.38 bits per heavy atom. The third-order valence-electron chi connectivity index (χ3n) is 5.47. The maximum absolute atomic E-state index is 12.5. The highest BCUT2D eigenvalue weighted by Gasteiger charge is 2.10. The molecule has 0 unspecified atom stereocenters. The van der Waals surface area contributed by atoms with E-state index < -0.39 is 0 Å². The van der Waals surface area contributed by atoms with Gasteiger partial charge in [-0.3, -0.25) is 14.5 Å². The number of nitrogens with zero attached hydrogens (tertiary/aromatic N) is 2. The molecule has 2 N–H and O–H groups in total. The van der Waals surface area contributed by atoms with Gasteiger partial charge in [-0.1, -0.05) is 30.3 Å². The molecule has 0 spiro atoms. The molecule has 3 rings (SSSR count). The molecule has 3 aromatic rings. The van der Waals surface area contributed by atoms with E-state index in [4.69, 9.17) is 9.47 Å². The zero-order valence-corrected chi connectivity index (χ0v) is 20.5. The second-order valence-electron chi connectivity index (χ2n) is 7.86. The van der Waals surface area contributed by atoms with Crippen LogP contribution in [0.5, 0.6) is 0 Å². The van der Waals surface area contributed by atoms with E-state index in [-0.39, 0.29) is 23.9 Å². The summed E-state index contributed by atoms with van der Waals surface area (Å²) >= 11 is 0. The number of carbonyl (C=O) groups excluding carboxylic acids is 1. The van der Waals surface area contributed by atoms with Crippen molar-refractivity contribution < 1.29 is 14.3 Å². The van der Waals surface area contributed by atoms with Crippen molar-refractivity contribution in [2.45, 2.75) is 19.3 Å². The quantitative estimate of drug-likeness (QED) is 0.356. The summed E-state index contributed by atoms with van der Waals surface area (Å²) in [6.07, 6.45) is 2.18. The smallest absolute Gasteiger partial charge is 0.272 e. The van der Waals surface area contributed by atoms with Crippen LogP contribution in [0.15, 0.2) is 53.3 Å². The van der Waals surface area contributed by atoms with E-state index in [0.717, 1.165) is 43.4 Å². The molecule has 34 heavy (non-hydrogen) atoms. The van der Waals surface area contributed by atoms with Crippen molar-refractivity contribution in [1.82, 2.24) is 15.1 Å². The Balaban J connectivity index is 0.00000408. The highest BCUT2D eigenvalue weighted by atomic mass is 35.5. The van der Waals surface area contributed by atoms with E-state index in [1.165, 1.54) is 0 Å². The normalized spacial score (nSPS) is 10.9. The number of amides is 1. The van der Waals surface area contributed by atoms with Gasteiger partial charge in [0.15, 0.2) is 0 Å². The van der Waals surface area contributed by atoms with E-state index >= 15 is 0 Å². The van der Waals surface area contributed by atoms with Crippen molar-refractivity contribution in [1.29, 1.82) is 0 Å². The number of hydrogen-bond acceptors (Lipinski definition) is 6. The van der Waals surface area contributed by atoms with Crippen LogP contribution in [0.25, 0.3) is 22.0 Å². The molecule has 1 amide bonds. The Hall–Kier alpha value is -2.78. The molecule has 0 atom stereocenters. The number of unbranched alkanes of at least 4 members (excludes halogenated alkanes) is 1. The van der Waals surface area contributed by atoms with Gasteiger partial charge in [0.25, 0.3) is 5.56 Å². The van der Waals surface area contributed by atoms with Gasteiger partial charge in [0, 0.05) is 50.4 Å². The summed E-state index contributed by atoms with van der Waals surface area (Å²) in [7, 11) is 3.40. The average molecular weight is 489 g/mol. The Kier molecular flexibility index (Phi) is 11.7. The van der Waals surface area contributed by atoms with Gasteiger partial charge in [0.1, 0.15) is 0 Å². The molecule has 0 fully saturated rings. The van der Waals surface area contributed by atoms with Gasteiger partial charge in [-0.05, 0) is 37.6 Å². The van der Waals surface area contributed by atoms with Gasteiger partial charge in [0.2, 0.25) is 5.91 Å². The number of aromatic amines is 1. The Labute approximate surface area is 206 Å². The molecule has 8 nitrogen and oxygen atoms in total. The first-order chi connectivity index (χ1) is 16.1. The maximum atomic E-state index is 12.5. The van der Waals surface area contributed by atoms with Crippen molar-refractivity contribution in [3.05, 3.63) is 58.9 Å². The van der Waals surface area contributed by atoms with Crippen molar-refractivity contribution in [2.75, 3.05) is 52.4 Å². The molecule has 9 heteroatoms. The minimum atomic E-state index is -0.221. The molecular weight excluding hydrogens is 456 g/mol. The van der Waals surface area contributed by atoms with Crippen LogP contribution in [0.4, 0.5) is 5.69 Å². The number of ether oxygens (including phenoxy) is 2. The number of benzene rings is 2. The van der Waals surface area contributed by atoms with E-state index in [1.807, 2.05) is 42.5 Å². The Morgan fingerprint density at radius 2 is 1.68 bits per heavy atom. The van der Waals surface area contributed by atoms with Gasteiger partial charge in [-0.25, -0.2) is 5.10 Å². The fraction of sp³-hybridized carbons (Fsp3) is 0.400. The van der Waals surface area contributed by atoms with Crippen molar-refractivity contribution in [2.24, 2.45) is 0 Å². The number of fused-ring (bicyclic) bond motifs is 1. The molecule has 0 radical (unpaired) electrons. The zero-order valence-electron chi connectivity index (χ0n) is 19.7. The minimum Gasteiger partial charge on any atom is -0.383 e. The van der Waals surface area contributed by atoms with Gasteiger partial charge >= 0.3 is 0 Å². The predicted molar refractivity (Wildman–Crippen MR) is 138 cm³/mol. The summed E-state index contributed by atoms with van der Waals surface area (Å²) in [6, 6.07) is 14.9. The average Bonchev–Trinajstić information content (AvgIpc) is 2.83. The van der Waals surface area contributed by atoms with Crippen LogP contribution in [-0.4, -0.2) is 68.1 Å². The Morgan fingerprint density at radius 1 is 0.971 bits per heavy atom. The molecule has 0 aliphatic carbocycles. The fourth-order valence-electron chi connectivity index (χ4n) is 3.70. The van der Waals surface area contributed by atoms with Crippen LogP contribution in [0.3, 0.4) is 0 Å². The molecule has 1 heterocycles. The molecule has 0 aliphatic rings. The predicted octanol–water partition coefficient (Wildman–Crippen LogP) is 3.72. The second kappa shape index (κ2) is 14.5. The maximum Gasteiger partial charge on any atom is 0.272 e. The number of anilines is 1. The molecule has 0 saturated carbocycles. The molecule has 0 aliphatic heterocycles. The standard InChI is InChI=1S/C25H32N4O4.ClH/c1-32-16-14-29(15-17-33-2)13-6-5-12-23(30)26-20-9-7-8-19(18-20)24-21-10-3-4-11-22(21)25(31)28-27-24;/h3-4,7-11,18H,5-6,12-17H2,1-2H3,(H,26,30)(H,28,31);1H. The lowest BCUT2D eigenvalue weighted by Crippen LogP contribution is -2.31. The molecule has 0 bridgehead atoms. The minimum absolute atomic E-state index is 0. The molecule has 2 aromatic carbocycles. The largest absolute Gasteiger partial charge is 0.383 e. The summed E-state index contributed by atoms with van der Waals surface area (Å²) in [6.45, 7) is 3.97. The zero-order chi connectivity index (χ0) is 23.5. The number of halogens is 1. The van der Waals surface area contributed by atoms with Gasteiger partial charge < -0.3 is 14.8 Å². The van der Waals surface area contributed by atoms with Crippen molar-refractivity contribution in [3.63, 3.8) is 0 Å². The van der Waals surface area contributed by atoms with Gasteiger partial charge in [-0.15, -0.1) is 12.4 Å². The monoisotopic (exact) mass is 488 g/mol. The lowest BCUT2D eigenvalue weighted by Gasteiger charge is -2.21. The third kappa shape index (κ3) is 7.92. The number of H-pyrrole nitrogens is 1. The topological polar surface area (TPSA) is 96.5 Å². The lowest BCUT2D eigenvalue weighted by molar-refractivity contribution is -0.116. The number of hydrogen-bond donors (Lipinski definition) is 2. The summed E-state index contributed by atoms with van der Waals surface area (Å²) in [5.41, 5.74) is 1.99. The lowest BCUT2D eigenvalue weighted by atomic mass is 10.0. The highest BCUT2D eigenvalue weighted by Crippen LogP contribution is 2.26. The number of methoxy groups -OCH3 is 2. The number of rotatable bonds is 13. The van der Waals surface area contributed by atoms with Gasteiger partial charge in [0.05, 0.1) is 24.3 Å². The molecule has 0 saturated heterocycles. The summed E-state index contributed by atoms with van der Waals surface area (Å²) in [5.74, 6) is -0.0215. The van der Waals surface area contributed by atoms with E-state index in [1.54, 1.807) is 20.3 Å².